The van der Waals surface area contributed by atoms with Crippen molar-refractivity contribution in [3.63, 3.8) is 0 Å². The molecular formula is C58H37NOS. The molecule has 10 aromatic carbocycles. The SMILES string of the molecule is c1cc(-c2ccc(N(c3ccc(-c4cccc5oc6ccccc6c45)cc3)c3ccc4sc5ccccc5c4c3)cc2)cc(-c2cccc(-c3ccc4ccccc4c3)c2)c1. The molecule has 12 aromatic rings. The molecule has 0 bridgehead atoms. The maximum atomic E-state index is 6.25. The standard InChI is InChI=1S/C58H37NOS/c1-2-11-41-35-46(23-22-38(41)10-1)45-15-8-14-44(36-45)43-13-7-12-42(34-43)39-24-28-47(29-25-39)59(49-32-33-57-53(37-49)51-16-4-6-21-56(51)61-57)48-30-26-40(27-31-48)50-18-9-20-55-58(50)52-17-3-5-19-54(52)60-55/h1-37H. The number of fused-ring (bicyclic) bond motifs is 7. The van der Waals surface area contributed by atoms with E-state index < -0.39 is 0 Å². The van der Waals surface area contributed by atoms with E-state index >= 15 is 0 Å². The Hall–Kier alpha value is -7.72. The average molecular weight is 796 g/mol. The molecule has 0 atom stereocenters. The molecule has 0 aliphatic heterocycles. The van der Waals surface area contributed by atoms with E-state index in [2.05, 4.69) is 217 Å². The van der Waals surface area contributed by atoms with E-state index in [1.165, 1.54) is 69.9 Å². The van der Waals surface area contributed by atoms with Crippen LogP contribution in [0.5, 0.6) is 0 Å². The monoisotopic (exact) mass is 795 g/mol. The summed E-state index contributed by atoms with van der Waals surface area (Å²) in [4.78, 5) is 2.38. The summed E-state index contributed by atoms with van der Waals surface area (Å²) in [5.74, 6) is 0. The summed E-state index contributed by atoms with van der Waals surface area (Å²) in [5.41, 5.74) is 14.6. The lowest BCUT2D eigenvalue weighted by atomic mass is 9.95. The lowest BCUT2D eigenvalue weighted by Crippen LogP contribution is -2.09. The van der Waals surface area contributed by atoms with Crippen molar-refractivity contribution in [3.8, 4) is 44.5 Å². The summed E-state index contributed by atoms with van der Waals surface area (Å²) < 4.78 is 8.84. The van der Waals surface area contributed by atoms with Gasteiger partial charge in [-0.1, -0.05) is 146 Å². The van der Waals surface area contributed by atoms with Gasteiger partial charge in [0.15, 0.2) is 0 Å². The van der Waals surface area contributed by atoms with Gasteiger partial charge < -0.3 is 9.32 Å². The molecule has 0 spiro atoms. The fourth-order valence-electron chi connectivity index (χ4n) is 9.03. The summed E-state index contributed by atoms with van der Waals surface area (Å²) in [6.07, 6.45) is 0. The minimum atomic E-state index is 0.904. The van der Waals surface area contributed by atoms with Crippen molar-refractivity contribution in [1.82, 2.24) is 0 Å². The Balaban J connectivity index is 0.912. The first-order chi connectivity index (χ1) is 30.2. The highest BCUT2D eigenvalue weighted by atomic mass is 32.1. The van der Waals surface area contributed by atoms with Gasteiger partial charge >= 0.3 is 0 Å². The third-order valence-corrected chi connectivity index (χ3v) is 13.2. The molecule has 0 fully saturated rings. The molecule has 0 aliphatic carbocycles. The average Bonchev–Trinajstić information content (AvgIpc) is 3.90. The molecule has 2 heterocycles. The van der Waals surface area contributed by atoms with Crippen molar-refractivity contribution in [2.24, 2.45) is 0 Å². The topological polar surface area (TPSA) is 16.4 Å². The summed E-state index contributed by atoms with van der Waals surface area (Å²) in [6, 6.07) is 81.3. The molecule has 0 unspecified atom stereocenters. The van der Waals surface area contributed by atoms with Crippen molar-refractivity contribution < 1.29 is 4.42 Å². The van der Waals surface area contributed by atoms with Gasteiger partial charge in [-0.25, -0.2) is 0 Å². The lowest BCUT2D eigenvalue weighted by Gasteiger charge is -2.26. The fraction of sp³-hybridized carbons (Fsp3) is 0. The second kappa shape index (κ2) is 14.5. The van der Waals surface area contributed by atoms with Crippen molar-refractivity contribution in [2.45, 2.75) is 0 Å². The zero-order valence-corrected chi connectivity index (χ0v) is 33.9. The molecule has 61 heavy (non-hydrogen) atoms. The number of anilines is 3. The minimum absolute atomic E-state index is 0.904. The molecule has 0 aliphatic rings. The smallest absolute Gasteiger partial charge is 0.136 e. The number of furan rings is 1. The van der Waals surface area contributed by atoms with Crippen LogP contribution in [-0.4, -0.2) is 0 Å². The molecule has 286 valence electrons. The Morgan fingerprint density at radius 2 is 0.852 bits per heavy atom. The Morgan fingerprint density at radius 3 is 1.61 bits per heavy atom. The number of nitrogens with zero attached hydrogens (tertiary/aromatic N) is 1. The largest absolute Gasteiger partial charge is 0.456 e. The van der Waals surface area contributed by atoms with Gasteiger partial charge in [0.05, 0.1) is 0 Å². The van der Waals surface area contributed by atoms with Crippen LogP contribution in [0.2, 0.25) is 0 Å². The number of hydrogen-bond donors (Lipinski definition) is 0. The number of thiophene rings is 1. The van der Waals surface area contributed by atoms with E-state index in [1.54, 1.807) is 0 Å². The van der Waals surface area contributed by atoms with Crippen LogP contribution < -0.4 is 4.90 Å². The highest BCUT2D eigenvalue weighted by Crippen LogP contribution is 2.43. The first-order valence-electron chi connectivity index (χ1n) is 20.7. The fourth-order valence-corrected chi connectivity index (χ4v) is 10.1. The third-order valence-electron chi connectivity index (χ3n) is 12.1. The van der Waals surface area contributed by atoms with Gasteiger partial charge in [0.2, 0.25) is 0 Å². The van der Waals surface area contributed by atoms with Crippen LogP contribution >= 0.6 is 11.3 Å². The molecule has 2 aromatic heterocycles. The molecule has 12 rings (SSSR count). The van der Waals surface area contributed by atoms with Gasteiger partial charge in [0, 0.05) is 48.0 Å². The quantitative estimate of drug-likeness (QED) is 0.160. The number of rotatable bonds is 7. The van der Waals surface area contributed by atoms with E-state index in [4.69, 9.17) is 4.42 Å². The maximum Gasteiger partial charge on any atom is 0.136 e. The maximum absolute atomic E-state index is 6.25. The van der Waals surface area contributed by atoms with Gasteiger partial charge in [-0.15, -0.1) is 11.3 Å². The van der Waals surface area contributed by atoms with E-state index in [9.17, 15) is 0 Å². The van der Waals surface area contributed by atoms with Crippen LogP contribution in [0.4, 0.5) is 17.1 Å². The van der Waals surface area contributed by atoms with Gasteiger partial charge in [-0.05, 0) is 134 Å². The van der Waals surface area contributed by atoms with Crippen molar-refractivity contribution in [1.29, 1.82) is 0 Å². The summed E-state index contributed by atoms with van der Waals surface area (Å²) >= 11 is 1.85. The first-order valence-corrected chi connectivity index (χ1v) is 21.5. The van der Waals surface area contributed by atoms with Crippen LogP contribution in [0.3, 0.4) is 0 Å². The molecule has 0 N–H and O–H groups in total. The lowest BCUT2D eigenvalue weighted by molar-refractivity contribution is 0.669. The van der Waals surface area contributed by atoms with Crippen LogP contribution in [-0.2, 0) is 0 Å². The summed E-state index contributed by atoms with van der Waals surface area (Å²) in [7, 11) is 0. The van der Waals surface area contributed by atoms with Crippen LogP contribution in [0.1, 0.15) is 0 Å². The van der Waals surface area contributed by atoms with E-state index in [0.29, 0.717) is 0 Å². The van der Waals surface area contributed by atoms with Crippen molar-refractivity contribution in [2.75, 3.05) is 4.90 Å². The van der Waals surface area contributed by atoms with E-state index in [0.717, 1.165) is 44.6 Å². The molecule has 3 heteroatoms. The van der Waals surface area contributed by atoms with E-state index in [1.807, 2.05) is 23.5 Å². The molecule has 0 saturated carbocycles. The zero-order valence-electron chi connectivity index (χ0n) is 33.1. The Kier molecular flexibility index (Phi) is 8.39. The van der Waals surface area contributed by atoms with Crippen LogP contribution in [0, 0.1) is 0 Å². The summed E-state index contributed by atoms with van der Waals surface area (Å²) in [6.45, 7) is 0. The molecule has 2 nitrogen and oxygen atoms in total. The van der Waals surface area contributed by atoms with E-state index in [-0.39, 0.29) is 0 Å². The van der Waals surface area contributed by atoms with Crippen molar-refractivity contribution >= 4 is 81.3 Å². The number of para-hydroxylation sites is 1. The Morgan fingerprint density at radius 1 is 0.311 bits per heavy atom. The second-order valence-electron chi connectivity index (χ2n) is 15.7. The second-order valence-corrected chi connectivity index (χ2v) is 16.8. The normalized spacial score (nSPS) is 11.6. The van der Waals surface area contributed by atoms with Gasteiger partial charge in [0.1, 0.15) is 11.2 Å². The molecule has 0 amide bonds. The summed E-state index contributed by atoms with van der Waals surface area (Å²) in [5, 5.41) is 7.36. The van der Waals surface area contributed by atoms with Gasteiger partial charge in [0.25, 0.3) is 0 Å². The van der Waals surface area contributed by atoms with Crippen LogP contribution in [0.25, 0.3) is 97.4 Å². The number of benzene rings is 10. The third kappa shape index (κ3) is 6.26. The first kappa shape index (κ1) is 35.2. The Labute approximate surface area is 357 Å². The highest BCUT2D eigenvalue weighted by molar-refractivity contribution is 7.25. The molecule has 0 saturated heterocycles. The molecular weight excluding hydrogens is 759 g/mol. The van der Waals surface area contributed by atoms with Gasteiger partial charge in [-0.2, -0.15) is 0 Å². The Bertz CT molecular complexity index is 3590. The van der Waals surface area contributed by atoms with Crippen molar-refractivity contribution in [3.05, 3.63) is 224 Å². The minimum Gasteiger partial charge on any atom is -0.456 e. The predicted molar refractivity (Wildman–Crippen MR) is 261 cm³/mol. The molecule has 0 radical (unpaired) electrons. The van der Waals surface area contributed by atoms with Crippen LogP contribution in [0.15, 0.2) is 229 Å². The number of hydrogen-bond acceptors (Lipinski definition) is 3. The zero-order chi connectivity index (χ0) is 40.3. The van der Waals surface area contributed by atoms with Gasteiger partial charge in [-0.3, -0.25) is 0 Å². The highest BCUT2D eigenvalue weighted by Gasteiger charge is 2.17. The predicted octanol–water partition coefficient (Wildman–Crippen LogP) is 17.2.